The van der Waals surface area contributed by atoms with Crippen molar-refractivity contribution < 1.29 is 23.7 Å². The zero-order chi connectivity index (χ0) is 20.1. The van der Waals surface area contributed by atoms with Crippen LogP contribution in [0.3, 0.4) is 0 Å². The Morgan fingerprint density at radius 2 is 1.79 bits per heavy atom. The Morgan fingerprint density at radius 3 is 2.62 bits per heavy atom. The molecule has 0 fully saturated rings. The molecule has 0 spiro atoms. The average Bonchev–Trinajstić information content (AvgIpc) is 3.22. The van der Waals surface area contributed by atoms with Gasteiger partial charge in [-0.1, -0.05) is 30.3 Å². The molecule has 29 heavy (non-hydrogen) atoms. The van der Waals surface area contributed by atoms with Gasteiger partial charge in [0.25, 0.3) is 5.91 Å². The fourth-order valence-electron chi connectivity index (χ4n) is 3.06. The van der Waals surface area contributed by atoms with Gasteiger partial charge in [0.05, 0.1) is 20.3 Å². The summed E-state index contributed by atoms with van der Waals surface area (Å²) < 4.78 is 21.9. The van der Waals surface area contributed by atoms with E-state index in [1.54, 1.807) is 43.5 Å². The third-order valence-corrected chi connectivity index (χ3v) is 4.54. The molecule has 1 aliphatic rings. The van der Waals surface area contributed by atoms with Crippen LogP contribution in [-0.4, -0.2) is 19.8 Å². The molecule has 0 bridgehead atoms. The SMILES string of the molecule is COc1ccc(C(=O)Nc2ccc3c(c2)OCO3)cc1COCc1ccccc1. The maximum absolute atomic E-state index is 12.7. The third kappa shape index (κ3) is 4.50. The first kappa shape index (κ1) is 18.8. The molecule has 0 aromatic heterocycles. The fourth-order valence-corrected chi connectivity index (χ4v) is 3.06. The molecule has 0 atom stereocenters. The summed E-state index contributed by atoms with van der Waals surface area (Å²) in [6.07, 6.45) is 0. The summed E-state index contributed by atoms with van der Waals surface area (Å²) in [7, 11) is 1.60. The number of amides is 1. The average molecular weight is 391 g/mol. The number of ether oxygens (including phenoxy) is 4. The predicted molar refractivity (Wildman–Crippen MR) is 108 cm³/mol. The first-order valence-corrected chi connectivity index (χ1v) is 9.22. The molecule has 0 radical (unpaired) electrons. The molecule has 4 rings (SSSR count). The number of methoxy groups -OCH3 is 1. The van der Waals surface area contributed by atoms with Crippen molar-refractivity contribution in [2.45, 2.75) is 13.2 Å². The number of rotatable bonds is 7. The van der Waals surface area contributed by atoms with Crippen LogP contribution in [0.15, 0.2) is 66.7 Å². The van der Waals surface area contributed by atoms with E-state index in [9.17, 15) is 4.79 Å². The molecule has 1 aliphatic heterocycles. The molecule has 0 saturated heterocycles. The maximum Gasteiger partial charge on any atom is 0.255 e. The highest BCUT2D eigenvalue weighted by molar-refractivity contribution is 6.04. The second-order valence-corrected chi connectivity index (χ2v) is 6.53. The van der Waals surface area contributed by atoms with E-state index in [4.69, 9.17) is 18.9 Å². The van der Waals surface area contributed by atoms with Crippen LogP contribution in [0.5, 0.6) is 17.2 Å². The van der Waals surface area contributed by atoms with E-state index < -0.39 is 0 Å². The van der Waals surface area contributed by atoms with E-state index in [0.717, 1.165) is 11.1 Å². The zero-order valence-corrected chi connectivity index (χ0v) is 16.0. The summed E-state index contributed by atoms with van der Waals surface area (Å²) in [5, 5.41) is 2.88. The number of hydrogen-bond donors (Lipinski definition) is 1. The quantitative estimate of drug-likeness (QED) is 0.647. The topological polar surface area (TPSA) is 66.0 Å². The molecule has 0 aliphatic carbocycles. The highest BCUT2D eigenvalue weighted by atomic mass is 16.7. The largest absolute Gasteiger partial charge is 0.496 e. The molecule has 6 heteroatoms. The van der Waals surface area contributed by atoms with Crippen molar-refractivity contribution in [2.24, 2.45) is 0 Å². The molecular weight excluding hydrogens is 370 g/mol. The van der Waals surface area contributed by atoms with Crippen molar-refractivity contribution in [2.75, 3.05) is 19.2 Å². The van der Waals surface area contributed by atoms with E-state index in [2.05, 4.69) is 5.32 Å². The Hall–Kier alpha value is -3.51. The van der Waals surface area contributed by atoms with Gasteiger partial charge in [-0.05, 0) is 35.9 Å². The molecule has 1 N–H and O–H groups in total. The summed E-state index contributed by atoms with van der Waals surface area (Å²) in [6, 6.07) is 20.5. The zero-order valence-electron chi connectivity index (χ0n) is 16.0. The minimum absolute atomic E-state index is 0.192. The molecule has 1 heterocycles. The monoisotopic (exact) mass is 391 g/mol. The summed E-state index contributed by atoms with van der Waals surface area (Å²) >= 11 is 0. The minimum atomic E-state index is -0.226. The first-order valence-electron chi connectivity index (χ1n) is 9.22. The van der Waals surface area contributed by atoms with Gasteiger partial charge in [0.15, 0.2) is 11.5 Å². The summed E-state index contributed by atoms with van der Waals surface area (Å²) in [6.45, 7) is 1.01. The van der Waals surface area contributed by atoms with Crippen molar-refractivity contribution in [3.05, 3.63) is 83.4 Å². The summed E-state index contributed by atoms with van der Waals surface area (Å²) in [4.78, 5) is 12.7. The van der Waals surface area contributed by atoms with Crippen molar-refractivity contribution >= 4 is 11.6 Å². The van der Waals surface area contributed by atoms with Gasteiger partial charge in [-0.25, -0.2) is 0 Å². The minimum Gasteiger partial charge on any atom is -0.496 e. The molecular formula is C23H21NO5. The molecule has 0 unspecified atom stereocenters. The lowest BCUT2D eigenvalue weighted by atomic mass is 10.1. The van der Waals surface area contributed by atoms with Crippen molar-refractivity contribution in [1.29, 1.82) is 0 Å². The van der Waals surface area contributed by atoms with Crippen molar-refractivity contribution in [1.82, 2.24) is 0 Å². The molecule has 148 valence electrons. The van der Waals surface area contributed by atoms with Gasteiger partial charge in [-0.15, -0.1) is 0 Å². The van der Waals surface area contributed by atoms with E-state index in [1.165, 1.54) is 0 Å². The predicted octanol–water partition coefficient (Wildman–Crippen LogP) is 4.39. The second-order valence-electron chi connectivity index (χ2n) is 6.53. The van der Waals surface area contributed by atoms with Gasteiger partial charge >= 0.3 is 0 Å². The number of benzene rings is 3. The lowest BCUT2D eigenvalue weighted by molar-refractivity contribution is 0.102. The second kappa shape index (κ2) is 8.67. The van der Waals surface area contributed by atoms with Gasteiger partial charge in [-0.3, -0.25) is 4.79 Å². The lowest BCUT2D eigenvalue weighted by Gasteiger charge is -2.12. The van der Waals surface area contributed by atoms with Crippen LogP contribution in [0.25, 0.3) is 0 Å². The van der Waals surface area contributed by atoms with E-state index in [-0.39, 0.29) is 12.7 Å². The lowest BCUT2D eigenvalue weighted by Crippen LogP contribution is -2.12. The molecule has 3 aromatic carbocycles. The first-order chi connectivity index (χ1) is 14.2. The van der Waals surface area contributed by atoms with E-state index in [1.807, 2.05) is 30.3 Å². The van der Waals surface area contributed by atoms with Crippen LogP contribution in [0.2, 0.25) is 0 Å². The van der Waals surface area contributed by atoms with E-state index in [0.29, 0.717) is 41.7 Å². The van der Waals surface area contributed by atoms with E-state index >= 15 is 0 Å². The van der Waals surface area contributed by atoms with Gasteiger partial charge in [0.1, 0.15) is 5.75 Å². The Balaban J connectivity index is 1.44. The third-order valence-electron chi connectivity index (χ3n) is 4.54. The molecule has 3 aromatic rings. The number of carbonyl (C=O) groups excluding carboxylic acids is 1. The Kier molecular flexibility index (Phi) is 5.63. The van der Waals surface area contributed by atoms with Gasteiger partial charge in [-0.2, -0.15) is 0 Å². The maximum atomic E-state index is 12.7. The van der Waals surface area contributed by atoms with Crippen LogP contribution < -0.4 is 19.5 Å². The standard InChI is InChI=1S/C23H21NO5/c1-26-20-9-7-17(11-18(20)14-27-13-16-5-3-2-4-6-16)23(25)24-19-8-10-21-22(12-19)29-15-28-21/h2-12H,13-15H2,1H3,(H,24,25). The van der Waals surface area contributed by atoms with Crippen molar-refractivity contribution in [3.8, 4) is 17.2 Å². The van der Waals surface area contributed by atoms with Gasteiger partial charge in [0, 0.05) is 22.9 Å². The summed E-state index contributed by atoms with van der Waals surface area (Å²) in [5.74, 6) is 1.74. The number of carbonyl (C=O) groups is 1. The van der Waals surface area contributed by atoms with Crippen LogP contribution >= 0.6 is 0 Å². The highest BCUT2D eigenvalue weighted by Crippen LogP contribution is 2.34. The summed E-state index contributed by atoms with van der Waals surface area (Å²) in [5.41, 5.74) is 3.05. The van der Waals surface area contributed by atoms with Crippen molar-refractivity contribution in [3.63, 3.8) is 0 Å². The highest BCUT2D eigenvalue weighted by Gasteiger charge is 2.15. The van der Waals surface area contributed by atoms with Crippen LogP contribution in [0.1, 0.15) is 21.5 Å². The van der Waals surface area contributed by atoms with Gasteiger partial charge < -0.3 is 24.3 Å². The molecule has 1 amide bonds. The Labute approximate surface area is 169 Å². The van der Waals surface area contributed by atoms with Crippen LogP contribution in [0.4, 0.5) is 5.69 Å². The smallest absolute Gasteiger partial charge is 0.255 e. The number of fused-ring (bicyclic) bond motifs is 1. The fraction of sp³-hybridized carbons (Fsp3) is 0.174. The van der Waals surface area contributed by atoms with Gasteiger partial charge in [0.2, 0.25) is 6.79 Å². The van der Waals surface area contributed by atoms with Crippen LogP contribution in [0, 0.1) is 0 Å². The van der Waals surface area contributed by atoms with Crippen LogP contribution in [-0.2, 0) is 18.0 Å². The normalized spacial score (nSPS) is 11.9. The molecule has 0 saturated carbocycles. The number of hydrogen-bond acceptors (Lipinski definition) is 5. The Morgan fingerprint density at radius 1 is 0.966 bits per heavy atom. The molecule has 6 nitrogen and oxygen atoms in total. The number of nitrogens with one attached hydrogen (secondary N) is 1. The Bertz CT molecular complexity index is 1000. The number of anilines is 1.